The molecule has 0 saturated carbocycles. The Bertz CT molecular complexity index is 1540. The zero-order valence-electron chi connectivity index (χ0n) is 24.1. The number of hydrogen-bond donors (Lipinski definition) is 1. The first-order valence-electron chi connectivity index (χ1n) is 14.7. The normalized spacial score (nSPS) is 16.9. The molecule has 0 aliphatic carbocycles. The predicted molar refractivity (Wildman–Crippen MR) is 169 cm³/mol. The van der Waals surface area contributed by atoms with Crippen LogP contribution in [0.4, 0.5) is 5.69 Å². The minimum absolute atomic E-state index is 0.137. The second-order valence-corrected chi connectivity index (χ2v) is 12.2. The van der Waals surface area contributed by atoms with Crippen molar-refractivity contribution in [3.8, 4) is 6.07 Å². The number of rotatable bonds is 8. The van der Waals surface area contributed by atoms with Gasteiger partial charge in [-0.1, -0.05) is 24.3 Å². The van der Waals surface area contributed by atoms with E-state index < -0.39 is 0 Å². The highest BCUT2D eigenvalue weighted by molar-refractivity contribution is 7.98. The molecule has 2 aliphatic rings. The molecule has 7 nitrogen and oxygen atoms in total. The molecule has 0 atom stereocenters. The number of benzene rings is 3. The highest BCUT2D eigenvalue weighted by atomic mass is 32.2. The molecule has 2 saturated heterocycles. The number of hydrogen-bond acceptors (Lipinski definition) is 7. The van der Waals surface area contributed by atoms with Crippen molar-refractivity contribution in [2.24, 2.45) is 0 Å². The van der Waals surface area contributed by atoms with Gasteiger partial charge in [-0.15, -0.1) is 11.8 Å². The highest BCUT2D eigenvalue weighted by Crippen LogP contribution is 2.27. The lowest BCUT2D eigenvalue weighted by Crippen LogP contribution is -2.45. The zero-order chi connectivity index (χ0) is 28.9. The Labute approximate surface area is 252 Å². The lowest BCUT2D eigenvalue weighted by molar-refractivity contribution is 0.0883. The first-order valence-corrected chi connectivity index (χ1v) is 15.9. The number of likely N-dealkylation sites (tertiary alicyclic amines) is 1. The van der Waals surface area contributed by atoms with Gasteiger partial charge in [-0.3, -0.25) is 14.6 Å². The molecule has 2 fully saturated rings. The Morgan fingerprint density at radius 1 is 0.881 bits per heavy atom. The minimum Gasteiger partial charge on any atom is -0.451 e. The number of carbonyl (C=O) groups is 1. The Hall–Kier alpha value is -3.77. The van der Waals surface area contributed by atoms with E-state index in [0.717, 1.165) is 76.2 Å². The van der Waals surface area contributed by atoms with E-state index in [1.54, 1.807) is 11.8 Å². The van der Waals surface area contributed by atoms with Crippen molar-refractivity contribution in [1.82, 2.24) is 15.1 Å². The van der Waals surface area contributed by atoms with E-state index in [2.05, 4.69) is 68.7 Å². The van der Waals surface area contributed by atoms with Gasteiger partial charge < -0.3 is 14.6 Å². The second-order valence-electron chi connectivity index (χ2n) is 11.3. The molecule has 1 aromatic heterocycles. The number of anilines is 1. The number of nitrogens with one attached hydrogen (secondary N) is 1. The smallest absolute Gasteiger partial charge is 0.287 e. The van der Waals surface area contributed by atoms with Gasteiger partial charge in [-0.05, 0) is 78.8 Å². The van der Waals surface area contributed by atoms with Crippen LogP contribution in [0.25, 0.3) is 11.0 Å². The molecule has 0 bridgehead atoms. The van der Waals surface area contributed by atoms with Crippen molar-refractivity contribution < 1.29 is 9.21 Å². The predicted octanol–water partition coefficient (Wildman–Crippen LogP) is 5.74. The molecule has 4 aromatic rings. The fourth-order valence-corrected chi connectivity index (χ4v) is 6.34. The van der Waals surface area contributed by atoms with Crippen LogP contribution in [0.5, 0.6) is 0 Å². The fraction of sp³-hybridized carbons (Fsp3) is 0.353. The maximum atomic E-state index is 13.1. The first kappa shape index (κ1) is 28.4. The van der Waals surface area contributed by atoms with E-state index in [1.165, 1.54) is 21.7 Å². The molecular formula is C34H37N5O2S. The third kappa shape index (κ3) is 6.81. The van der Waals surface area contributed by atoms with Crippen molar-refractivity contribution in [3.63, 3.8) is 0 Å². The number of amides is 1. The summed E-state index contributed by atoms with van der Waals surface area (Å²) < 4.78 is 5.96. The fourth-order valence-electron chi connectivity index (χ4n) is 5.93. The topological polar surface area (TPSA) is 75.8 Å². The third-order valence-electron chi connectivity index (χ3n) is 8.44. The second kappa shape index (κ2) is 13.0. The molecule has 216 valence electrons. The molecule has 3 heterocycles. The summed E-state index contributed by atoms with van der Waals surface area (Å²) in [5.41, 5.74) is 5.17. The van der Waals surface area contributed by atoms with Crippen molar-refractivity contribution in [2.45, 2.75) is 36.9 Å². The van der Waals surface area contributed by atoms with E-state index in [1.807, 2.05) is 36.4 Å². The number of fused-ring (bicyclic) bond motifs is 1. The molecule has 42 heavy (non-hydrogen) atoms. The number of piperidine rings is 1. The number of thioether (sulfide) groups is 1. The van der Waals surface area contributed by atoms with E-state index >= 15 is 0 Å². The third-order valence-corrected chi connectivity index (χ3v) is 9.18. The Morgan fingerprint density at radius 3 is 2.17 bits per heavy atom. The van der Waals surface area contributed by atoms with Crippen LogP contribution in [0.1, 0.15) is 40.1 Å². The summed E-state index contributed by atoms with van der Waals surface area (Å²) in [4.78, 5) is 21.7. The Kier molecular flexibility index (Phi) is 8.80. The number of furan rings is 1. The summed E-state index contributed by atoms with van der Waals surface area (Å²) in [5.74, 6) is 0.233. The number of piperazine rings is 1. The van der Waals surface area contributed by atoms with Crippen molar-refractivity contribution in [1.29, 1.82) is 5.26 Å². The largest absolute Gasteiger partial charge is 0.451 e. The van der Waals surface area contributed by atoms with Gasteiger partial charge in [0.15, 0.2) is 5.76 Å². The van der Waals surface area contributed by atoms with Crippen LogP contribution in [0.15, 0.2) is 82.1 Å². The van der Waals surface area contributed by atoms with Gasteiger partial charge in [0, 0.05) is 74.4 Å². The van der Waals surface area contributed by atoms with Crippen LogP contribution < -0.4 is 10.2 Å². The van der Waals surface area contributed by atoms with Crippen LogP contribution in [-0.4, -0.2) is 67.3 Å². The molecule has 3 aromatic carbocycles. The summed E-state index contributed by atoms with van der Waals surface area (Å²) in [5, 5.41) is 13.1. The van der Waals surface area contributed by atoms with Crippen molar-refractivity contribution in [2.75, 3.05) is 50.4 Å². The van der Waals surface area contributed by atoms with Crippen LogP contribution in [0.2, 0.25) is 0 Å². The summed E-state index contributed by atoms with van der Waals surface area (Å²) >= 11 is 1.78. The van der Waals surface area contributed by atoms with E-state index in [0.29, 0.717) is 11.3 Å². The van der Waals surface area contributed by atoms with Gasteiger partial charge in [0.1, 0.15) is 5.58 Å². The summed E-state index contributed by atoms with van der Waals surface area (Å²) in [6.07, 6.45) is 3.92. The van der Waals surface area contributed by atoms with E-state index in [9.17, 15) is 4.79 Å². The van der Waals surface area contributed by atoms with Gasteiger partial charge in [-0.25, -0.2) is 0 Å². The molecule has 0 radical (unpaired) electrons. The monoisotopic (exact) mass is 579 g/mol. The maximum Gasteiger partial charge on any atom is 0.287 e. The van der Waals surface area contributed by atoms with Crippen molar-refractivity contribution in [3.05, 3.63) is 95.2 Å². The van der Waals surface area contributed by atoms with E-state index in [-0.39, 0.29) is 11.9 Å². The van der Waals surface area contributed by atoms with Crippen LogP contribution in [-0.2, 0) is 13.1 Å². The standard InChI is InChI=1S/C34H37N5O2S/c1-42-31-9-6-27(7-10-31)24-38-16-18-39(19-17-38)30-8-11-32-28(20-30)21-33(41-32)34(40)36-29-12-14-37(15-13-29)23-26-4-2-25(22-35)3-5-26/h2-11,20-21,29H,12-19,23-24H2,1H3,(H,36,40). The number of nitrogens with zero attached hydrogens (tertiary/aromatic N) is 4. The van der Waals surface area contributed by atoms with Gasteiger partial charge in [0.25, 0.3) is 5.91 Å². The van der Waals surface area contributed by atoms with Gasteiger partial charge in [0.2, 0.25) is 0 Å². The molecule has 1 amide bonds. The van der Waals surface area contributed by atoms with Crippen LogP contribution in [0.3, 0.4) is 0 Å². The molecule has 1 N–H and O–H groups in total. The SMILES string of the molecule is CSc1ccc(CN2CCN(c3ccc4oc(C(=O)NC5CCN(Cc6ccc(C#N)cc6)CC5)cc4c3)CC2)cc1. The Balaban J connectivity index is 0.990. The Morgan fingerprint density at radius 2 is 1.52 bits per heavy atom. The molecule has 2 aliphatic heterocycles. The summed E-state index contributed by atoms with van der Waals surface area (Å²) in [6, 6.07) is 27.1. The van der Waals surface area contributed by atoms with Gasteiger partial charge >= 0.3 is 0 Å². The number of carbonyl (C=O) groups excluding carboxylic acids is 1. The highest BCUT2D eigenvalue weighted by Gasteiger charge is 2.23. The molecule has 0 unspecified atom stereocenters. The average molecular weight is 580 g/mol. The summed E-state index contributed by atoms with van der Waals surface area (Å²) in [7, 11) is 0. The van der Waals surface area contributed by atoms with Gasteiger partial charge in [-0.2, -0.15) is 5.26 Å². The zero-order valence-corrected chi connectivity index (χ0v) is 24.9. The van der Waals surface area contributed by atoms with Gasteiger partial charge in [0.05, 0.1) is 11.6 Å². The first-order chi connectivity index (χ1) is 20.6. The molecule has 8 heteroatoms. The molecular weight excluding hydrogens is 542 g/mol. The van der Waals surface area contributed by atoms with Crippen LogP contribution in [0, 0.1) is 11.3 Å². The minimum atomic E-state index is -0.141. The molecule has 0 spiro atoms. The quantitative estimate of drug-likeness (QED) is 0.267. The lowest BCUT2D eigenvalue weighted by Gasteiger charge is -2.36. The average Bonchev–Trinajstić information content (AvgIpc) is 3.47. The molecule has 6 rings (SSSR count). The van der Waals surface area contributed by atoms with E-state index in [4.69, 9.17) is 9.68 Å². The summed E-state index contributed by atoms with van der Waals surface area (Å²) in [6.45, 7) is 7.68. The lowest BCUT2D eigenvalue weighted by atomic mass is 10.0. The maximum absolute atomic E-state index is 13.1. The van der Waals surface area contributed by atoms with Crippen LogP contribution >= 0.6 is 11.8 Å². The van der Waals surface area contributed by atoms with Crippen molar-refractivity contribution >= 4 is 34.3 Å². The number of nitriles is 1.